The topological polar surface area (TPSA) is 57.2 Å². The molecule has 1 heterocycles. The average molecular weight is 541 g/mol. The van der Waals surface area contributed by atoms with Crippen molar-refractivity contribution in [3.63, 3.8) is 0 Å². The van der Waals surface area contributed by atoms with E-state index in [4.69, 9.17) is 4.74 Å². The molecule has 39 heavy (non-hydrogen) atoms. The second kappa shape index (κ2) is 16.3. The van der Waals surface area contributed by atoms with Crippen molar-refractivity contribution in [3.05, 3.63) is 89.0 Å². The largest absolute Gasteiger partial charge is 0.447 e. The van der Waals surface area contributed by atoms with Crippen LogP contribution in [0.1, 0.15) is 65.4 Å². The van der Waals surface area contributed by atoms with Crippen molar-refractivity contribution >= 4 is 17.5 Å². The highest BCUT2D eigenvalue weighted by Crippen LogP contribution is 2.25. The van der Waals surface area contributed by atoms with Crippen LogP contribution in [0.15, 0.2) is 76.9 Å². The summed E-state index contributed by atoms with van der Waals surface area (Å²) in [4.78, 5) is 14.4. The van der Waals surface area contributed by atoms with Gasteiger partial charge in [0.05, 0.1) is 12.2 Å². The van der Waals surface area contributed by atoms with Crippen LogP contribution in [0.25, 0.3) is 0 Å². The van der Waals surface area contributed by atoms with Gasteiger partial charge < -0.3 is 9.64 Å². The van der Waals surface area contributed by atoms with Crippen LogP contribution in [0.4, 0.5) is 19.3 Å². The summed E-state index contributed by atoms with van der Waals surface area (Å²) >= 11 is 0. The number of nitrogens with zero attached hydrogens (tertiary/aromatic N) is 3. The number of carbonyl (C=O) groups excluding carboxylic acids is 1. The highest BCUT2D eigenvalue weighted by Gasteiger charge is 2.15. The Hall–Kier alpha value is -3.68. The zero-order chi connectivity index (χ0) is 28.8. The highest BCUT2D eigenvalue weighted by atomic mass is 19.1. The number of allylic oxidation sites excluding steroid dienone is 8. The average Bonchev–Trinajstić information content (AvgIpc) is 2.96. The molecular weight excluding hydrogens is 498 g/mol. The first-order chi connectivity index (χ1) is 18.8. The smallest absolute Gasteiger partial charge is 0.411 e. The maximum Gasteiger partial charge on any atom is 0.411 e. The van der Waals surface area contributed by atoms with Crippen LogP contribution in [0.2, 0.25) is 0 Å². The Balaban J connectivity index is 0.00000260. The molecule has 0 fully saturated rings. The molecule has 3 rings (SSSR count). The number of alkyl carbamates (subject to hydrolysis) is 1. The fourth-order valence-corrected chi connectivity index (χ4v) is 3.91. The maximum absolute atomic E-state index is 14.0. The molecule has 1 aliphatic heterocycles. The van der Waals surface area contributed by atoms with Crippen molar-refractivity contribution in [1.82, 2.24) is 10.2 Å². The number of rotatable bonds is 10. The van der Waals surface area contributed by atoms with E-state index in [1.165, 1.54) is 24.1 Å². The lowest BCUT2D eigenvalue weighted by molar-refractivity contribution is 0.140. The van der Waals surface area contributed by atoms with Gasteiger partial charge in [-0.15, -0.1) is 0 Å². The summed E-state index contributed by atoms with van der Waals surface area (Å²) in [6.45, 7) is 10.2. The molecule has 0 spiro atoms. The van der Waals surface area contributed by atoms with Crippen molar-refractivity contribution < 1.29 is 18.3 Å². The first-order valence-corrected chi connectivity index (χ1v) is 13.7. The summed E-state index contributed by atoms with van der Waals surface area (Å²) in [5, 5.41) is 8.89. The number of hydrazone groups is 1. The normalized spacial score (nSPS) is 15.2. The van der Waals surface area contributed by atoms with Crippen molar-refractivity contribution in [1.29, 1.82) is 0 Å². The first-order valence-electron chi connectivity index (χ1n) is 13.7. The van der Waals surface area contributed by atoms with Crippen molar-refractivity contribution in [2.45, 2.75) is 66.7 Å². The summed E-state index contributed by atoms with van der Waals surface area (Å²) in [5.41, 5.74) is 3.98. The number of nitrogens with one attached hydrogen (secondary N) is 1. The summed E-state index contributed by atoms with van der Waals surface area (Å²) in [5.74, 6) is -1.22. The first kappa shape index (κ1) is 31.5. The number of ether oxygens (including phenoxy) is 1. The van der Waals surface area contributed by atoms with E-state index in [1.807, 2.05) is 53.0 Å². The summed E-state index contributed by atoms with van der Waals surface area (Å²) < 4.78 is 33.5. The van der Waals surface area contributed by atoms with E-state index in [2.05, 4.69) is 33.5 Å². The van der Waals surface area contributed by atoms with Crippen molar-refractivity contribution in [2.75, 3.05) is 25.2 Å². The van der Waals surface area contributed by atoms with Gasteiger partial charge in [0, 0.05) is 60.9 Å². The number of anilines is 1. The van der Waals surface area contributed by atoms with E-state index in [0.29, 0.717) is 31.5 Å². The Kier molecular flexibility index (Phi) is 13.2. The number of halogens is 2. The van der Waals surface area contributed by atoms with E-state index in [9.17, 15) is 13.6 Å². The van der Waals surface area contributed by atoms with E-state index in [0.717, 1.165) is 35.5 Å². The van der Waals surface area contributed by atoms with Crippen LogP contribution in [-0.4, -0.2) is 36.9 Å². The van der Waals surface area contributed by atoms with Gasteiger partial charge in [0.2, 0.25) is 0 Å². The van der Waals surface area contributed by atoms with Crippen LogP contribution in [0.3, 0.4) is 0 Å². The number of amides is 1. The minimum absolute atomic E-state index is 0.0146. The maximum atomic E-state index is 14.0. The highest BCUT2D eigenvalue weighted by molar-refractivity contribution is 5.90. The van der Waals surface area contributed by atoms with Crippen LogP contribution >= 0.6 is 0 Å². The van der Waals surface area contributed by atoms with Gasteiger partial charge in [0.25, 0.3) is 0 Å². The van der Waals surface area contributed by atoms with Gasteiger partial charge in [-0.1, -0.05) is 45.1 Å². The molecule has 2 aliphatic rings. The predicted molar refractivity (Wildman–Crippen MR) is 156 cm³/mol. The van der Waals surface area contributed by atoms with Gasteiger partial charge in [-0.3, -0.25) is 5.32 Å². The van der Waals surface area contributed by atoms with Gasteiger partial charge in [-0.25, -0.2) is 18.6 Å². The van der Waals surface area contributed by atoms with E-state index >= 15 is 0 Å². The predicted octanol–water partition coefficient (Wildman–Crippen LogP) is 7.90. The third-order valence-corrected chi connectivity index (χ3v) is 6.24. The van der Waals surface area contributed by atoms with Crippen molar-refractivity contribution in [2.24, 2.45) is 5.10 Å². The fourth-order valence-electron chi connectivity index (χ4n) is 3.91. The molecule has 0 atom stereocenters. The number of benzene rings is 1. The van der Waals surface area contributed by atoms with Crippen LogP contribution in [0, 0.1) is 18.6 Å². The van der Waals surface area contributed by atoms with Gasteiger partial charge in [-0.05, 0) is 50.8 Å². The monoisotopic (exact) mass is 540 g/mol. The minimum atomic E-state index is -0.608. The Morgan fingerprint density at radius 3 is 2.54 bits per heavy atom. The van der Waals surface area contributed by atoms with Crippen molar-refractivity contribution in [3.8, 4) is 0 Å². The molecule has 6 nitrogen and oxygen atoms in total. The number of hydrogen-bond donors (Lipinski definition) is 1. The third-order valence-electron chi connectivity index (χ3n) is 6.24. The van der Waals surface area contributed by atoms with Gasteiger partial charge in [0.1, 0.15) is 18.2 Å². The number of hydrogen-bond acceptors (Lipinski definition) is 5. The molecule has 1 aromatic carbocycles. The minimum Gasteiger partial charge on any atom is -0.447 e. The van der Waals surface area contributed by atoms with Gasteiger partial charge >= 0.3 is 6.09 Å². The lowest BCUT2D eigenvalue weighted by Gasteiger charge is -2.22. The summed E-state index contributed by atoms with van der Waals surface area (Å²) in [6.07, 6.45) is 17.3. The number of likely N-dealkylation sites (N-methyl/N-ethyl adjacent to an activating group) is 1. The Bertz CT molecular complexity index is 1140. The molecule has 1 aliphatic carbocycles. The molecular formula is C31H42F2N4O2. The molecule has 0 radical (unpaired) electrons. The molecule has 1 N–H and O–H groups in total. The molecule has 1 aromatic rings. The van der Waals surface area contributed by atoms with E-state index in [1.54, 1.807) is 6.20 Å². The van der Waals surface area contributed by atoms with Crippen LogP contribution < -0.4 is 10.3 Å². The fraction of sp³-hybridized carbons (Fsp3) is 0.419. The quantitative estimate of drug-likeness (QED) is 0.307. The Morgan fingerprint density at radius 1 is 1.21 bits per heavy atom. The van der Waals surface area contributed by atoms with Crippen LogP contribution in [-0.2, 0) is 4.74 Å². The standard InChI is InChI=1S/C29H36F2N4O2.C2H6/c1-5-22(18-24-11-10-14-35(33-24)26-19-27(30)21(3)28(31)20-26)17-23(6-2)32-29(36)37-16-15-34(4)25-12-8-7-9-13-25;1-2/h5,8,10,12-14,17,19-20H,6-7,9,11,15-16,18H2,1-4H3,(H,32,36);1-2H3/b22-5+,23-17+;. The second-order valence-corrected chi connectivity index (χ2v) is 8.99. The number of carbonyl (C=O) groups is 1. The van der Waals surface area contributed by atoms with E-state index < -0.39 is 17.7 Å². The molecule has 1 amide bonds. The summed E-state index contributed by atoms with van der Waals surface area (Å²) in [6, 6.07) is 2.55. The van der Waals surface area contributed by atoms with Gasteiger partial charge in [0.15, 0.2) is 0 Å². The lowest BCUT2D eigenvalue weighted by atomic mass is 10.0. The van der Waals surface area contributed by atoms with Gasteiger partial charge in [-0.2, -0.15) is 5.10 Å². The van der Waals surface area contributed by atoms with Crippen LogP contribution in [0.5, 0.6) is 0 Å². The lowest BCUT2D eigenvalue weighted by Crippen LogP contribution is -2.28. The molecule has 0 bridgehead atoms. The summed E-state index contributed by atoms with van der Waals surface area (Å²) in [7, 11) is 1.98. The zero-order valence-corrected chi connectivity index (χ0v) is 24.1. The molecule has 0 aromatic heterocycles. The molecule has 8 heteroatoms. The Morgan fingerprint density at radius 2 is 1.92 bits per heavy atom. The second-order valence-electron chi connectivity index (χ2n) is 8.99. The third kappa shape index (κ3) is 9.85. The molecule has 212 valence electrons. The molecule has 0 unspecified atom stereocenters. The molecule has 0 saturated heterocycles. The Labute approximate surface area is 232 Å². The van der Waals surface area contributed by atoms with E-state index in [-0.39, 0.29) is 12.2 Å². The molecule has 0 saturated carbocycles. The SMILES string of the molecule is C/C=C(\C=C(/CC)NC(=O)OCCN(C)C1=CCCC=C1)CC1=NN(c2cc(F)c(C)c(F)c2)C=CC1.CC. The zero-order valence-electron chi connectivity index (χ0n) is 24.1.